The van der Waals surface area contributed by atoms with Crippen molar-refractivity contribution in [1.29, 1.82) is 0 Å². The Morgan fingerprint density at radius 1 is 0.733 bits per heavy atom. The van der Waals surface area contributed by atoms with Gasteiger partial charge in [0.1, 0.15) is 17.3 Å². The van der Waals surface area contributed by atoms with Crippen molar-refractivity contribution < 1.29 is 4.74 Å². The summed E-state index contributed by atoms with van der Waals surface area (Å²) in [4.78, 5) is 5.05. The Labute approximate surface area is 178 Å². The summed E-state index contributed by atoms with van der Waals surface area (Å²) in [5, 5.41) is 7.46. The van der Waals surface area contributed by atoms with Crippen LogP contribution in [0.15, 0.2) is 83.9 Å². The van der Waals surface area contributed by atoms with E-state index in [4.69, 9.17) is 9.73 Å². The molecule has 0 amide bonds. The first-order chi connectivity index (χ1) is 14.8. The number of ether oxygens (including phenoxy) is 1. The lowest BCUT2D eigenvalue weighted by Gasteiger charge is -2.44. The van der Waals surface area contributed by atoms with Crippen LogP contribution < -0.4 is 15.4 Å². The molecular formula is C26H27N3O. The number of fused-ring (bicyclic) bond motifs is 1. The van der Waals surface area contributed by atoms with E-state index in [0.717, 1.165) is 35.9 Å². The second kappa shape index (κ2) is 8.23. The number of aliphatic imine (C=N–C) groups is 1. The summed E-state index contributed by atoms with van der Waals surface area (Å²) in [6, 6.07) is 26.5. The summed E-state index contributed by atoms with van der Waals surface area (Å²) < 4.78 is 5.90. The highest BCUT2D eigenvalue weighted by Crippen LogP contribution is 2.39. The smallest absolute Gasteiger partial charge is 0.127 e. The Kier molecular flexibility index (Phi) is 5.14. The molecule has 4 heteroatoms. The van der Waals surface area contributed by atoms with E-state index in [9.17, 15) is 0 Å². The lowest BCUT2D eigenvalue weighted by Crippen LogP contribution is -2.53. The summed E-state index contributed by atoms with van der Waals surface area (Å²) in [6.45, 7) is 0.652. The van der Waals surface area contributed by atoms with Gasteiger partial charge in [-0.2, -0.15) is 0 Å². The molecule has 2 N–H and O–H groups in total. The molecule has 5 rings (SSSR count). The molecule has 152 valence electrons. The van der Waals surface area contributed by atoms with E-state index in [1.807, 2.05) is 42.5 Å². The number of nitrogens with one attached hydrogen (secondary N) is 2. The topological polar surface area (TPSA) is 45.6 Å². The summed E-state index contributed by atoms with van der Waals surface area (Å²) in [6.07, 6.45) is 6.03. The van der Waals surface area contributed by atoms with Crippen LogP contribution in [0.5, 0.6) is 11.5 Å². The van der Waals surface area contributed by atoms with E-state index in [1.54, 1.807) is 0 Å². The molecule has 0 saturated heterocycles. The Balaban J connectivity index is 1.34. The second-order valence-corrected chi connectivity index (χ2v) is 8.16. The van der Waals surface area contributed by atoms with E-state index in [1.165, 1.54) is 30.5 Å². The van der Waals surface area contributed by atoms with Gasteiger partial charge in [0, 0.05) is 0 Å². The summed E-state index contributed by atoms with van der Waals surface area (Å²) in [5.41, 5.74) is 3.40. The fourth-order valence-corrected chi connectivity index (χ4v) is 4.43. The standard InChI is InChI=1S/C26H27N3O/c1-3-9-21(10-4-1)30-22-15-13-20(14-16-22)19-27-25-26(17-7-2-8-18-26)29-24-12-6-5-11-23(24)28-25/h1,3-6,9-16,29H,2,7-8,17-19H2,(H,27,28). The Morgan fingerprint density at radius 2 is 1.40 bits per heavy atom. The fraction of sp³-hybridized carbons (Fsp3) is 0.269. The van der Waals surface area contributed by atoms with Crippen LogP contribution in [-0.2, 0) is 6.54 Å². The quantitative estimate of drug-likeness (QED) is 0.520. The van der Waals surface area contributed by atoms with Crippen LogP contribution in [-0.4, -0.2) is 11.4 Å². The summed E-state index contributed by atoms with van der Waals surface area (Å²) >= 11 is 0. The van der Waals surface area contributed by atoms with Crippen LogP contribution in [0.3, 0.4) is 0 Å². The van der Waals surface area contributed by atoms with Crippen molar-refractivity contribution in [3.05, 3.63) is 84.4 Å². The van der Waals surface area contributed by atoms with Crippen molar-refractivity contribution in [3.63, 3.8) is 0 Å². The molecule has 1 heterocycles. The molecule has 0 unspecified atom stereocenters. The van der Waals surface area contributed by atoms with Crippen molar-refractivity contribution in [2.45, 2.75) is 44.2 Å². The third kappa shape index (κ3) is 3.90. The molecule has 0 atom stereocenters. The lowest BCUT2D eigenvalue weighted by atomic mass is 9.79. The highest BCUT2D eigenvalue weighted by atomic mass is 16.5. The Bertz CT molecular complexity index is 1020. The van der Waals surface area contributed by atoms with E-state index < -0.39 is 0 Å². The SMILES string of the molecule is c1ccc(Oc2ccc(CN=C3Nc4ccccc4NC34CCCCC4)cc2)cc1. The van der Waals surface area contributed by atoms with Crippen molar-refractivity contribution in [2.24, 2.45) is 4.99 Å². The summed E-state index contributed by atoms with van der Waals surface area (Å²) in [7, 11) is 0. The van der Waals surface area contributed by atoms with Gasteiger partial charge in [-0.25, -0.2) is 0 Å². The molecule has 1 saturated carbocycles. The maximum Gasteiger partial charge on any atom is 0.127 e. The highest BCUT2D eigenvalue weighted by molar-refractivity contribution is 6.09. The van der Waals surface area contributed by atoms with Crippen molar-refractivity contribution in [1.82, 2.24) is 0 Å². The number of hydrogen-bond acceptors (Lipinski definition) is 3. The normalized spacial score (nSPS) is 18.3. The van der Waals surface area contributed by atoms with E-state index in [0.29, 0.717) is 6.54 Å². The van der Waals surface area contributed by atoms with Gasteiger partial charge in [0.05, 0.1) is 23.5 Å². The van der Waals surface area contributed by atoms with Gasteiger partial charge in [0.25, 0.3) is 0 Å². The number of hydrogen-bond donors (Lipinski definition) is 2. The van der Waals surface area contributed by atoms with Crippen LogP contribution in [0, 0.1) is 0 Å². The minimum atomic E-state index is -0.0665. The zero-order valence-electron chi connectivity index (χ0n) is 17.1. The number of amidine groups is 1. The van der Waals surface area contributed by atoms with Crippen molar-refractivity contribution >= 4 is 17.2 Å². The first-order valence-electron chi connectivity index (χ1n) is 10.8. The predicted molar refractivity (Wildman–Crippen MR) is 124 cm³/mol. The van der Waals surface area contributed by atoms with Crippen molar-refractivity contribution in [3.8, 4) is 11.5 Å². The maximum absolute atomic E-state index is 5.90. The third-order valence-corrected chi connectivity index (χ3v) is 6.04. The van der Waals surface area contributed by atoms with Crippen molar-refractivity contribution in [2.75, 3.05) is 10.6 Å². The van der Waals surface area contributed by atoms with Gasteiger partial charge in [-0.3, -0.25) is 4.99 Å². The molecule has 1 spiro atoms. The molecule has 30 heavy (non-hydrogen) atoms. The van der Waals surface area contributed by atoms with Gasteiger partial charge in [-0.05, 0) is 54.8 Å². The second-order valence-electron chi connectivity index (χ2n) is 8.16. The van der Waals surface area contributed by atoms with Crippen LogP contribution in [0.25, 0.3) is 0 Å². The van der Waals surface area contributed by atoms with Crippen LogP contribution in [0.2, 0.25) is 0 Å². The van der Waals surface area contributed by atoms with Gasteiger partial charge < -0.3 is 15.4 Å². The van der Waals surface area contributed by atoms with Gasteiger partial charge in [0.2, 0.25) is 0 Å². The fourth-order valence-electron chi connectivity index (χ4n) is 4.43. The molecule has 0 aromatic heterocycles. The minimum Gasteiger partial charge on any atom is -0.457 e. The molecule has 0 bridgehead atoms. The van der Waals surface area contributed by atoms with Gasteiger partial charge >= 0.3 is 0 Å². The molecule has 3 aromatic rings. The average Bonchev–Trinajstić information content (AvgIpc) is 2.80. The van der Waals surface area contributed by atoms with E-state index in [2.05, 4.69) is 47.0 Å². The minimum absolute atomic E-state index is 0.0665. The number of benzene rings is 3. The first kappa shape index (κ1) is 18.7. The molecule has 0 radical (unpaired) electrons. The Morgan fingerprint density at radius 3 is 2.17 bits per heavy atom. The van der Waals surface area contributed by atoms with E-state index >= 15 is 0 Å². The molecule has 2 aliphatic rings. The average molecular weight is 398 g/mol. The van der Waals surface area contributed by atoms with Gasteiger partial charge in [0.15, 0.2) is 0 Å². The van der Waals surface area contributed by atoms with Crippen LogP contribution >= 0.6 is 0 Å². The molecule has 1 aliphatic heterocycles. The van der Waals surface area contributed by atoms with Crippen LogP contribution in [0.4, 0.5) is 11.4 Å². The zero-order valence-corrected chi connectivity index (χ0v) is 17.1. The maximum atomic E-state index is 5.90. The zero-order chi connectivity index (χ0) is 20.2. The van der Waals surface area contributed by atoms with Gasteiger partial charge in [-0.15, -0.1) is 0 Å². The molecule has 3 aromatic carbocycles. The van der Waals surface area contributed by atoms with E-state index in [-0.39, 0.29) is 5.54 Å². The monoisotopic (exact) mass is 397 g/mol. The molecular weight excluding hydrogens is 370 g/mol. The number of anilines is 2. The molecule has 4 nitrogen and oxygen atoms in total. The number of para-hydroxylation sites is 3. The largest absolute Gasteiger partial charge is 0.457 e. The summed E-state index contributed by atoms with van der Waals surface area (Å²) in [5.74, 6) is 2.76. The van der Waals surface area contributed by atoms with Crippen LogP contribution in [0.1, 0.15) is 37.7 Å². The highest BCUT2D eigenvalue weighted by Gasteiger charge is 2.40. The molecule has 1 aliphatic carbocycles. The Hall–Kier alpha value is -3.27. The predicted octanol–water partition coefficient (Wildman–Crippen LogP) is 6.62. The molecule has 1 fully saturated rings. The number of nitrogens with zero attached hydrogens (tertiary/aromatic N) is 1. The lowest BCUT2D eigenvalue weighted by molar-refractivity contribution is 0.403. The number of rotatable bonds is 4. The first-order valence-corrected chi connectivity index (χ1v) is 10.8. The van der Waals surface area contributed by atoms with Gasteiger partial charge in [-0.1, -0.05) is 61.7 Å². The third-order valence-electron chi connectivity index (χ3n) is 6.04.